The van der Waals surface area contributed by atoms with Crippen LogP contribution in [0.4, 0.5) is 0 Å². The highest BCUT2D eigenvalue weighted by molar-refractivity contribution is 5.94. The van der Waals surface area contributed by atoms with Crippen molar-refractivity contribution < 1.29 is 14.3 Å². The van der Waals surface area contributed by atoms with Gasteiger partial charge in [-0.05, 0) is 49.4 Å². The van der Waals surface area contributed by atoms with E-state index < -0.39 is 0 Å². The lowest BCUT2D eigenvalue weighted by atomic mass is 10.2. The number of nitrogens with zero attached hydrogens (tertiary/aromatic N) is 1. The maximum absolute atomic E-state index is 12.0. The number of hydrogen-bond donors (Lipinski definition) is 1. The minimum atomic E-state index is -0.172. The number of pyridine rings is 1. The second-order valence-electron chi connectivity index (χ2n) is 5.64. The van der Waals surface area contributed by atoms with E-state index in [1.165, 1.54) is 0 Å². The minimum Gasteiger partial charge on any atom is -0.494 e. The quantitative estimate of drug-likeness (QED) is 0.684. The number of ether oxygens (including phenoxy) is 2. The number of carbonyl (C=O) groups is 1. The van der Waals surface area contributed by atoms with E-state index in [4.69, 9.17) is 9.47 Å². The summed E-state index contributed by atoms with van der Waals surface area (Å²) in [6.45, 7) is 3.02. The second kappa shape index (κ2) is 9.25. The normalized spacial score (nSPS) is 9.96. The monoisotopic (exact) mass is 360 g/mol. The van der Waals surface area contributed by atoms with E-state index in [9.17, 15) is 4.79 Å². The first-order chi connectivity index (χ1) is 13.3. The summed E-state index contributed by atoms with van der Waals surface area (Å²) in [5, 5.41) is 3.82. The van der Waals surface area contributed by atoms with E-state index in [-0.39, 0.29) is 19.1 Å². The topological polar surface area (TPSA) is 60.5 Å². The largest absolute Gasteiger partial charge is 0.494 e. The van der Waals surface area contributed by atoms with Gasteiger partial charge in [-0.15, -0.1) is 0 Å². The molecular weight excluding hydrogens is 340 g/mol. The average molecular weight is 360 g/mol. The van der Waals surface area contributed by atoms with Crippen molar-refractivity contribution >= 4 is 16.8 Å². The molecule has 5 nitrogen and oxygen atoms in total. The van der Waals surface area contributed by atoms with Crippen molar-refractivity contribution in [1.29, 1.82) is 0 Å². The Morgan fingerprint density at radius 3 is 2.67 bits per heavy atom. The molecule has 1 N–H and O–H groups in total. The molecule has 0 spiro atoms. The van der Waals surface area contributed by atoms with Gasteiger partial charge >= 0.3 is 0 Å². The van der Waals surface area contributed by atoms with Crippen LogP contribution in [0.25, 0.3) is 10.9 Å². The number of fused-ring (bicyclic) bond motifs is 1. The summed E-state index contributed by atoms with van der Waals surface area (Å²) in [6, 6.07) is 16.6. The van der Waals surface area contributed by atoms with Gasteiger partial charge in [-0.1, -0.05) is 17.9 Å². The van der Waals surface area contributed by atoms with Gasteiger partial charge in [0.25, 0.3) is 5.91 Å². The molecule has 0 aliphatic rings. The molecular formula is C22H20N2O3. The predicted molar refractivity (Wildman–Crippen MR) is 105 cm³/mol. The molecule has 0 aliphatic carbocycles. The summed E-state index contributed by atoms with van der Waals surface area (Å²) in [5.74, 6) is 7.05. The highest BCUT2D eigenvalue weighted by Gasteiger charge is 2.03. The Morgan fingerprint density at radius 2 is 1.85 bits per heavy atom. The Hall–Kier alpha value is -3.52. The van der Waals surface area contributed by atoms with Crippen molar-refractivity contribution in [3.8, 4) is 23.3 Å². The Balaban J connectivity index is 1.44. The molecule has 136 valence electrons. The van der Waals surface area contributed by atoms with Crippen LogP contribution in [0, 0.1) is 11.8 Å². The summed E-state index contributed by atoms with van der Waals surface area (Å²) in [4.78, 5) is 16.3. The van der Waals surface area contributed by atoms with Gasteiger partial charge in [-0.3, -0.25) is 9.78 Å². The lowest BCUT2D eigenvalue weighted by Crippen LogP contribution is -2.23. The number of amides is 1. The van der Waals surface area contributed by atoms with E-state index in [1.54, 1.807) is 30.5 Å². The van der Waals surface area contributed by atoms with Crippen LogP contribution < -0.4 is 14.8 Å². The van der Waals surface area contributed by atoms with Gasteiger partial charge in [-0.25, -0.2) is 0 Å². The number of aromatic nitrogens is 1. The van der Waals surface area contributed by atoms with Crippen LogP contribution >= 0.6 is 0 Å². The first kappa shape index (κ1) is 18.3. The van der Waals surface area contributed by atoms with Crippen LogP contribution in [-0.4, -0.2) is 30.6 Å². The van der Waals surface area contributed by atoms with E-state index >= 15 is 0 Å². The lowest BCUT2D eigenvalue weighted by molar-refractivity contribution is 0.0958. The van der Waals surface area contributed by atoms with E-state index in [2.05, 4.69) is 22.1 Å². The van der Waals surface area contributed by atoms with Gasteiger partial charge in [0.1, 0.15) is 18.1 Å². The molecule has 0 fully saturated rings. The molecule has 1 aromatic heterocycles. The molecule has 3 rings (SSSR count). The number of carbonyl (C=O) groups excluding carboxylic acids is 1. The maximum Gasteiger partial charge on any atom is 0.252 e. The fourth-order valence-corrected chi connectivity index (χ4v) is 2.46. The maximum atomic E-state index is 12.0. The second-order valence-corrected chi connectivity index (χ2v) is 5.64. The van der Waals surface area contributed by atoms with Crippen molar-refractivity contribution in [1.82, 2.24) is 10.3 Å². The number of benzene rings is 2. The molecule has 27 heavy (non-hydrogen) atoms. The summed E-state index contributed by atoms with van der Waals surface area (Å²) in [6.07, 6.45) is 1.75. The smallest absolute Gasteiger partial charge is 0.252 e. The molecule has 0 aliphatic heterocycles. The predicted octanol–water partition coefficient (Wildman–Crippen LogP) is 3.45. The van der Waals surface area contributed by atoms with Gasteiger partial charge < -0.3 is 14.8 Å². The molecule has 3 aromatic rings. The lowest BCUT2D eigenvalue weighted by Gasteiger charge is -2.05. The van der Waals surface area contributed by atoms with Crippen LogP contribution in [-0.2, 0) is 0 Å². The van der Waals surface area contributed by atoms with Crippen molar-refractivity contribution in [3.63, 3.8) is 0 Å². The SMILES string of the molecule is CCOc1ccc(C(=O)NCC#CCOc2ccc3cccnc3c2)cc1. The van der Waals surface area contributed by atoms with Crippen LogP contribution in [0.2, 0.25) is 0 Å². The fraction of sp³-hybridized carbons (Fsp3) is 0.182. The molecule has 5 heteroatoms. The van der Waals surface area contributed by atoms with Crippen molar-refractivity contribution in [2.75, 3.05) is 19.8 Å². The Bertz CT molecular complexity index is 972. The zero-order chi connectivity index (χ0) is 18.9. The van der Waals surface area contributed by atoms with E-state index in [1.807, 2.05) is 37.3 Å². The molecule has 0 saturated heterocycles. The minimum absolute atomic E-state index is 0.172. The third kappa shape index (κ3) is 5.23. The zero-order valence-electron chi connectivity index (χ0n) is 15.1. The van der Waals surface area contributed by atoms with Gasteiger partial charge in [0.05, 0.1) is 18.7 Å². The molecule has 0 atom stereocenters. The zero-order valence-corrected chi connectivity index (χ0v) is 15.1. The fourth-order valence-electron chi connectivity index (χ4n) is 2.46. The third-order valence-electron chi connectivity index (χ3n) is 3.78. The molecule has 1 amide bonds. The standard InChI is InChI=1S/C22H20N2O3/c1-2-26-19-10-8-18(9-11-19)22(25)24-13-3-4-15-27-20-12-7-17-6-5-14-23-21(17)16-20/h5-12,14,16H,2,13,15H2,1H3,(H,24,25). The van der Waals surface area contributed by atoms with Crippen molar-refractivity contribution in [2.45, 2.75) is 6.92 Å². The highest BCUT2D eigenvalue weighted by atomic mass is 16.5. The van der Waals surface area contributed by atoms with Crippen molar-refractivity contribution in [2.24, 2.45) is 0 Å². The first-order valence-electron chi connectivity index (χ1n) is 8.70. The van der Waals surface area contributed by atoms with Gasteiger partial charge in [0, 0.05) is 23.2 Å². The van der Waals surface area contributed by atoms with Crippen LogP contribution in [0.3, 0.4) is 0 Å². The Labute approximate surface area is 158 Å². The van der Waals surface area contributed by atoms with Crippen LogP contribution in [0.5, 0.6) is 11.5 Å². The summed E-state index contributed by atoms with van der Waals surface area (Å²) >= 11 is 0. The third-order valence-corrected chi connectivity index (χ3v) is 3.78. The number of nitrogens with one attached hydrogen (secondary N) is 1. The average Bonchev–Trinajstić information content (AvgIpc) is 2.71. The van der Waals surface area contributed by atoms with E-state index in [0.717, 1.165) is 16.7 Å². The highest BCUT2D eigenvalue weighted by Crippen LogP contribution is 2.18. The molecule has 0 unspecified atom stereocenters. The number of hydrogen-bond acceptors (Lipinski definition) is 4. The van der Waals surface area contributed by atoms with Crippen LogP contribution in [0.15, 0.2) is 60.8 Å². The van der Waals surface area contributed by atoms with E-state index in [0.29, 0.717) is 17.9 Å². The molecule has 1 heterocycles. The van der Waals surface area contributed by atoms with Gasteiger partial charge in [0.15, 0.2) is 0 Å². The molecule has 0 saturated carbocycles. The number of rotatable bonds is 6. The summed E-state index contributed by atoms with van der Waals surface area (Å²) in [7, 11) is 0. The summed E-state index contributed by atoms with van der Waals surface area (Å²) in [5.41, 5.74) is 1.45. The van der Waals surface area contributed by atoms with Crippen molar-refractivity contribution in [3.05, 3.63) is 66.4 Å². The Kier molecular flexibility index (Phi) is 6.26. The Morgan fingerprint density at radius 1 is 1.04 bits per heavy atom. The molecule has 0 bridgehead atoms. The van der Waals surface area contributed by atoms with Gasteiger partial charge in [-0.2, -0.15) is 0 Å². The molecule has 2 aromatic carbocycles. The first-order valence-corrected chi connectivity index (χ1v) is 8.70. The summed E-state index contributed by atoms with van der Waals surface area (Å²) < 4.78 is 11.0. The van der Waals surface area contributed by atoms with Gasteiger partial charge in [0.2, 0.25) is 0 Å². The molecule has 0 radical (unpaired) electrons. The van der Waals surface area contributed by atoms with Crippen LogP contribution in [0.1, 0.15) is 17.3 Å².